The van der Waals surface area contributed by atoms with Crippen molar-refractivity contribution in [2.24, 2.45) is 0 Å². The van der Waals surface area contributed by atoms with Crippen LogP contribution in [-0.2, 0) is 16.1 Å². The lowest BCUT2D eigenvalue weighted by molar-refractivity contribution is -0.138. The second-order valence-corrected chi connectivity index (χ2v) is 6.27. The van der Waals surface area contributed by atoms with E-state index in [0.717, 1.165) is 5.56 Å². The van der Waals surface area contributed by atoms with E-state index in [0.29, 0.717) is 28.3 Å². The minimum atomic E-state index is -0.495. The number of hydrogen-bond donors (Lipinski definition) is 2. The number of benzene rings is 3. The van der Waals surface area contributed by atoms with Gasteiger partial charge in [0.15, 0.2) is 0 Å². The standard InChI is InChI=1S/C23H20N2O4/c24-19-12-17(13-20(25)14-19)15-28-22(26)11-8-16-6-9-21(10-7-16)29-23(27)18-4-2-1-3-5-18/h1-14H,15,24-25H2/b11-8+. The molecular weight excluding hydrogens is 368 g/mol. The lowest BCUT2D eigenvalue weighted by Gasteiger charge is -2.05. The molecule has 3 aromatic rings. The third kappa shape index (κ3) is 5.97. The van der Waals surface area contributed by atoms with Crippen molar-refractivity contribution in [3.8, 4) is 5.75 Å². The number of nitrogen functional groups attached to an aromatic ring is 2. The first-order valence-corrected chi connectivity index (χ1v) is 8.86. The van der Waals surface area contributed by atoms with Crippen molar-refractivity contribution in [2.45, 2.75) is 6.61 Å². The molecule has 0 amide bonds. The van der Waals surface area contributed by atoms with E-state index in [1.807, 2.05) is 6.07 Å². The Morgan fingerprint density at radius 2 is 1.52 bits per heavy atom. The molecule has 146 valence electrons. The van der Waals surface area contributed by atoms with Gasteiger partial charge in [0.1, 0.15) is 12.4 Å². The van der Waals surface area contributed by atoms with E-state index in [4.69, 9.17) is 20.9 Å². The molecule has 0 aliphatic rings. The topological polar surface area (TPSA) is 105 Å². The molecule has 0 heterocycles. The lowest BCUT2D eigenvalue weighted by Crippen LogP contribution is -2.07. The molecule has 3 aromatic carbocycles. The fraction of sp³-hybridized carbons (Fsp3) is 0.0435. The van der Waals surface area contributed by atoms with Crippen molar-refractivity contribution < 1.29 is 19.1 Å². The number of anilines is 2. The van der Waals surface area contributed by atoms with Crippen molar-refractivity contribution in [3.05, 3.63) is 95.6 Å². The minimum Gasteiger partial charge on any atom is -0.458 e. The summed E-state index contributed by atoms with van der Waals surface area (Å²) in [6, 6.07) is 20.5. The molecule has 0 unspecified atom stereocenters. The van der Waals surface area contributed by atoms with Crippen molar-refractivity contribution in [1.29, 1.82) is 0 Å². The predicted molar refractivity (Wildman–Crippen MR) is 112 cm³/mol. The number of ether oxygens (including phenoxy) is 2. The summed E-state index contributed by atoms with van der Waals surface area (Å²) in [7, 11) is 0. The van der Waals surface area contributed by atoms with E-state index in [1.165, 1.54) is 6.08 Å². The van der Waals surface area contributed by atoms with Crippen LogP contribution in [0.1, 0.15) is 21.5 Å². The quantitative estimate of drug-likeness (QED) is 0.288. The number of carbonyl (C=O) groups is 2. The van der Waals surface area contributed by atoms with Crippen molar-refractivity contribution in [3.63, 3.8) is 0 Å². The van der Waals surface area contributed by atoms with E-state index in [1.54, 1.807) is 72.8 Å². The summed E-state index contributed by atoms with van der Waals surface area (Å²) in [6.07, 6.45) is 2.93. The third-order valence-corrected chi connectivity index (χ3v) is 3.93. The van der Waals surface area contributed by atoms with Crippen LogP contribution in [0, 0.1) is 0 Å². The Morgan fingerprint density at radius 1 is 0.862 bits per heavy atom. The average Bonchev–Trinajstić information content (AvgIpc) is 2.71. The SMILES string of the molecule is Nc1cc(N)cc(COC(=O)/C=C/c2ccc(OC(=O)c3ccccc3)cc2)c1. The first-order chi connectivity index (χ1) is 14.0. The minimum absolute atomic E-state index is 0.0762. The summed E-state index contributed by atoms with van der Waals surface area (Å²) in [5, 5.41) is 0. The van der Waals surface area contributed by atoms with Gasteiger partial charge in [-0.2, -0.15) is 0 Å². The molecule has 0 aromatic heterocycles. The fourth-order valence-electron chi connectivity index (χ4n) is 2.58. The molecule has 0 aliphatic heterocycles. The molecule has 0 bridgehead atoms. The van der Waals surface area contributed by atoms with Gasteiger partial charge in [-0.3, -0.25) is 0 Å². The van der Waals surface area contributed by atoms with Gasteiger partial charge < -0.3 is 20.9 Å². The fourth-order valence-corrected chi connectivity index (χ4v) is 2.58. The van der Waals surface area contributed by atoms with Gasteiger partial charge in [0.25, 0.3) is 0 Å². The summed E-state index contributed by atoms with van der Waals surface area (Å²) < 4.78 is 10.5. The van der Waals surface area contributed by atoms with E-state index in [2.05, 4.69) is 0 Å². The van der Waals surface area contributed by atoms with Gasteiger partial charge >= 0.3 is 11.9 Å². The average molecular weight is 388 g/mol. The van der Waals surface area contributed by atoms with Crippen LogP contribution in [-0.4, -0.2) is 11.9 Å². The molecule has 6 heteroatoms. The van der Waals surface area contributed by atoms with Gasteiger partial charge in [0, 0.05) is 17.5 Å². The molecule has 0 saturated heterocycles. The van der Waals surface area contributed by atoms with Crippen LogP contribution < -0.4 is 16.2 Å². The summed E-state index contributed by atoms with van der Waals surface area (Å²) >= 11 is 0. The Kier molecular flexibility index (Phi) is 6.27. The molecule has 0 atom stereocenters. The van der Waals surface area contributed by atoms with Gasteiger partial charge in [-0.1, -0.05) is 30.3 Å². The zero-order valence-electron chi connectivity index (χ0n) is 15.6. The highest BCUT2D eigenvalue weighted by atomic mass is 16.5. The van der Waals surface area contributed by atoms with Gasteiger partial charge in [-0.15, -0.1) is 0 Å². The van der Waals surface area contributed by atoms with Crippen LogP contribution in [0.3, 0.4) is 0 Å². The van der Waals surface area contributed by atoms with Gasteiger partial charge in [-0.25, -0.2) is 9.59 Å². The second-order valence-electron chi connectivity index (χ2n) is 6.27. The zero-order chi connectivity index (χ0) is 20.6. The maximum Gasteiger partial charge on any atom is 0.343 e. The Morgan fingerprint density at radius 3 is 2.17 bits per heavy atom. The zero-order valence-corrected chi connectivity index (χ0v) is 15.6. The summed E-state index contributed by atoms with van der Waals surface area (Å²) in [4.78, 5) is 23.9. The van der Waals surface area contributed by atoms with Crippen LogP contribution in [0.2, 0.25) is 0 Å². The Labute approximate surface area is 168 Å². The highest BCUT2D eigenvalue weighted by Crippen LogP contribution is 2.16. The van der Waals surface area contributed by atoms with Crippen LogP contribution in [0.25, 0.3) is 6.08 Å². The molecular formula is C23H20N2O4. The first kappa shape index (κ1) is 19.7. The van der Waals surface area contributed by atoms with Crippen molar-refractivity contribution in [2.75, 3.05) is 11.5 Å². The molecule has 3 rings (SSSR count). The first-order valence-electron chi connectivity index (χ1n) is 8.86. The lowest BCUT2D eigenvalue weighted by atomic mass is 10.2. The number of hydrogen-bond acceptors (Lipinski definition) is 6. The highest BCUT2D eigenvalue weighted by molar-refractivity contribution is 5.91. The second kappa shape index (κ2) is 9.23. The molecule has 0 saturated carbocycles. The van der Waals surface area contributed by atoms with Crippen molar-refractivity contribution >= 4 is 29.4 Å². The van der Waals surface area contributed by atoms with E-state index in [-0.39, 0.29) is 6.61 Å². The largest absolute Gasteiger partial charge is 0.458 e. The Balaban J connectivity index is 1.52. The molecule has 0 aliphatic carbocycles. The third-order valence-electron chi connectivity index (χ3n) is 3.93. The normalized spacial score (nSPS) is 10.6. The summed E-state index contributed by atoms with van der Waals surface area (Å²) in [5.74, 6) is -0.511. The molecule has 0 fully saturated rings. The van der Waals surface area contributed by atoms with Crippen LogP contribution >= 0.6 is 0 Å². The molecule has 0 spiro atoms. The van der Waals surface area contributed by atoms with Gasteiger partial charge in [-0.05, 0) is 59.7 Å². The Bertz CT molecular complexity index is 1010. The van der Waals surface area contributed by atoms with Gasteiger partial charge in [0.05, 0.1) is 5.56 Å². The van der Waals surface area contributed by atoms with Crippen molar-refractivity contribution in [1.82, 2.24) is 0 Å². The van der Waals surface area contributed by atoms with Crippen LogP contribution in [0.5, 0.6) is 5.75 Å². The monoisotopic (exact) mass is 388 g/mol. The maximum atomic E-state index is 12.0. The van der Waals surface area contributed by atoms with Crippen LogP contribution in [0.4, 0.5) is 11.4 Å². The maximum absolute atomic E-state index is 12.0. The van der Waals surface area contributed by atoms with E-state index >= 15 is 0 Å². The smallest absolute Gasteiger partial charge is 0.343 e. The van der Waals surface area contributed by atoms with Gasteiger partial charge in [0.2, 0.25) is 0 Å². The van der Waals surface area contributed by atoms with Crippen LogP contribution in [0.15, 0.2) is 78.9 Å². The number of carbonyl (C=O) groups excluding carboxylic acids is 2. The number of esters is 2. The summed E-state index contributed by atoms with van der Waals surface area (Å²) in [5.41, 5.74) is 14.4. The highest BCUT2D eigenvalue weighted by Gasteiger charge is 2.07. The molecule has 29 heavy (non-hydrogen) atoms. The number of rotatable bonds is 6. The predicted octanol–water partition coefficient (Wildman–Crippen LogP) is 3.83. The Hall–Kier alpha value is -4.06. The number of nitrogens with two attached hydrogens (primary N) is 2. The van der Waals surface area contributed by atoms with E-state index < -0.39 is 11.9 Å². The molecule has 0 radical (unpaired) electrons. The molecule has 4 N–H and O–H groups in total. The summed E-state index contributed by atoms with van der Waals surface area (Å²) in [6.45, 7) is 0.0762. The van der Waals surface area contributed by atoms with E-state index in [9.17, 15) is 9.59 Å². The molecule has 6 nitrogen and oxygen atoms in total.